The molecule has 5 aromatic rings. The van der Waals surface area contributed by atoms with Gasteiger partial charge in [-0.3, -0.25) is 43.8 Å². The van der Waals surface area contributed by atoms with Gasteiger partial charge in [-0.25, -0.2) is 19.0 Å². The molecule has 10 unspecified atom stereocenters. The fourth-order valence-corrected chi connectivity index (χ4v) is 15.9. The average molecular weight is 1660 g/mol. The number of methoxy groups -OCH3 is 1. The normalized spacial score (nSPS) is 19.3. The van der Waals surface area contributed by atoms with E-state index in [4.69, 9.17) is 46.0 Å². The van der Waals surface area contributed by atoms with Gasteiger partial charge in [-0.2, -0.15) is 0 Å². The highest BCUT2D eigenvalue weighted by Gasteiger charge is 2.41. The molecule has 11 atom stereocenters. The van der Waals surface area contributed by atoms with E-state index in [1.54, 1.807) is 54.0 Å². The Morgan fingerprint density at radius 1 is 0.814 bits per heavy atom. The van der Waals surface area contributed by atoms with Gasteiger partial charge < -0.3 is 91.2 Å². The number of nitrogens with one attached hydrogen (secondary N) is 8. The highest BCUT2D eigenvalue weighted by Crippen LogP contribution is 2.40. The number of likely N-dealkylation sites (N-methyl/N-ethyl adjacent to an activating group) is 2. The third kappa shape index (κ3) is 26.1. The van der Waals surface area contributed by atoms with E-state index in [0.717, 1.165) is 77.8 Å². The SMILES string of the molecule is CCC(C)C(C(CC(=O)N1CCC[C@H]1CC(C)CCc1ccccc1)OC)N(C)C(=O)CNC(=O)C(C(C)C)N(C)C(=O)OCc1ccc(NC(=O)CNC(=O)C(NC(=O)CCOCCC(=O)NCCNC2NC=C(c3cc(C)cc(F)c3)C(N3CCC(N)CC3)=C2c2nc3ccc(Cl)cc3[nH]2)C(C)C)c(OC2CC(O)CC(C(=O)O)O2)c1. The molecule has 644 valence electrons. The summed E-state index contributed by atoms with van der Waals surface area (Å²) in [6.07, 6.45) is 2.33. The first-order valence-corrected chi connectivity index (χ1v) is 41.5. The van der Waals surface area contributed by atoms with Crippen molar-refractivity contribution in [1.82, 2.24) is 61.5 Å². The first-order valence-electron chi connectivity index (χ1n) is 41.1. The van der Waals surface area contributed by atoms with Gasteiger partial charge in [-0.1, -0.05) is 109 Å². The van der Waals surface area contributed by atoms with Crippen LogP contribution in [0.3, 0.4) is 0 Å². The standard InChI is InChI=1S/C86H120ClFN14O16/c1-12-54(8)79(68(114-11)45-73(107)102-32-16-19-61(102)39-52(6)20-21-55-17-14-13-15-18-55)99(9)74(108)48-94-84(110)78(51(4)5)100(10)86(113)116-49-56-22-24-65(67(40-56)117-75-44-62(103)43-69(118-75)85(111)112)95-72(106)47-93-83(109)77(50(2)3)98-71(105)29-36-115-35-28-70(104)90-30-31-91-81-76(82-96-64-25-23-58(87)42-66(64)97-82)80(101-33-26-60(89)27-34-101)63(46-92-81)57-37-53(7)38-59(88)41-57/h13-15,17-18,22-25,37-38,40-42,46,50-52,54,60-62,68-69,75,77-79,81,91-92,103H,12,16,19-21,26-36,39,43-45,47-49,89H2,1-11H3,(H,90,104)(H,93,109)(H,94,110)(H,95,106)(H,96,97)(H,98,105)(H,111,112)/t52?,54?,61-,62?,68?,69?,75?,77?,78?,79?,81?/m0/s1. The number of hydrogen-bond acceptors (Lipinski definition) is 20. The fourth-order valence-electron chi connectivity index (χ4n) is 15.7. The minimum Gasteiger partial charge on any atom is -0.479 e. The second-order valence-electron chi connectivity index (χ2n) is 32.1. The number of aliphatic carboxylic acids is 1. The number of dihydropyridines is 1. The number of hydrogen-bond donors (Lipinski definition) is 11. The van der Waals surface area contributed by atoms with Crippen LogP contribution in [-0.2, 0) is 70.3 Å². The molecule has 4 aromatic carbocycles. The number of imidazole rings is 1. The Balaban J connectivity index is 0.732. The number of amides is 8. The van der Waals surface area contributed by atoms with E-state index in [1.165, 1.54) is 47.8 Å². The number of anilines is 1. The summed E-state index contributed by atoms with van der Waals surface area (Å²) in [6.45, 7) is 16.0. The molecule has 1 aromatic heterocycles. The van der Waals surface area contributed by atoms with Crippen molar-refractivity contribution >= 4 is 92.9 Å². The second-order valence-corrected chi connectivity index (χ2v) is 32.6. The first-order chi connectivity index (χ1) is 56.4. The van der Waals surface area contributed by atoms with Gasteiger partial charge in [0.15, 0.2) is 6.10 Å². The van der Waals surface area contributed by atoms with E-state index in [-0.39, 0.29) is 98.9 Å². The van der Waals surface area contributed by atoms with Gasteiger partial charge in [0.25, 0.3) is 0 Å². The number of carbonyl (C=O) groups excluding carboxylic acids is 8. The number of aliphatic hydroxyl groups is 1. The number of rotatable bonds is 41. The van der Waals surface area contributed by atoms with Gasteiger partial charge in [-0.05, 0) is 140 Å². The van der Waals surface area contributed by atoms with Crippen LogP contribution in [0, 0.1) is 36.4 Å². The van der Waals surface area contributed by atoms with E-state index in [2.05, 4.69) is 66.2 Å². The van der Waals surface area contributed by atoms with E-state index in [0.29, 0.717) is 66.0 Å². The van der Waals surface area contributed by atoms with Crippen LogP contribution in [0.5, 0.6) is 5.75 Å². The Bertz CT molecular complexity index is 4310. The molecule has 32 heteroatoms. The number of allylic oxidation sites excluding steroid dienone is 1. The number of piperidine rings is 1. The molecule has 4 aliphatic rings. The van der Waals surface area contributed by atoms with Crippen molar-refractivity contribution < 1.29 is 81.4 Å². The quantitative estimate of drug-likeness (QED) is 0.0164. The minimum atomic E-state index is -1.43. The highest BCUT2D eigenvalue weighted by atomic mass is 35.5. The summed E-state index contributed by atoms with van der Waals surface area (Å²) in [4.78, 5) is 137. The Kier molecular flexibility index (Phi) is 34.6. The third-order valence-corrected chi connectivity index (χ3v) is 22.5. The van der Waals surface area contributed by atoms with Crippen LogP contribution >= 0.6 is 11.6 Å². The molecule has 12 N–H and O–H groups in total. The molecule has 0 spiro atoms. The van der Waals surface area contributed by atoms with Crippen LogP contribution < -0.4 is 47.7 Å². The number of aliphatic hydroxyl groups excluding tert-OH is 1. The summed E-state index contributed by atoms with van der Waals surface area (Å²) < 4.78 is 44.3. The zero-order chi connectivity index (χ0) is 85.4. The van der Waals surface area contributed by atoms with E-state index < -0.39 is 122 Å². The van der Waals surface area contributed by atoms with Crippen molar-refractivity contribution in [3.8, 4) is 5.75 Å². The Morgan fingerprint density at radius 3 is 2.24 bits per heavy atom. The zero-order valence-electron chi connectivity index (χ0n) is 69.7. The van der Waals surface area contributed by atoms with Crippen molar-refractivity contribution in [2.24, 2.45) is 29.4 Å². The number of nitrogens with two attached hydrogens (primary N) is 1. The van der Waals surface area contributed by atoms with Crippen molar-refractivity contribution in [2.45, 2.75) is 206 Å². The lowest BCUT2D eigenvalue weighted by Gasteiger charge is -2.40. The molecule has 4 aliphatic heterocycles. The maximum atomic E-state index is 15.1. The molecule has 0 bridgehead atoms. The number of carboxylic acid groups (broad SMARTS) is 1. The topological polar surface area (TPSA) is 392 Å². The summed E-state index contributed by atoms with van der Waals surface area (Å²) in [5, 5.41) is 41.6. The molecule has 8 amide bonds. The molecular formula is C86H120ClFN14O16. The maximum absolute atomic E-state index is 15.1. The van der Waals surface area contributed by atoms with E-state index in [1.807, 2.05) is 62.2 Å². The summed E-state index contributed by atoms with van der Waals surface area (Å²) in [5.74, 6) is -5.16. The van der Waals surface area contributed by atoms with Gasteiger partial charge in [-0.15, -0.1) is 0 Å². The number of nitrogens with zero attached hydrogens (tertiary/aromatic N) is 5. The summed E-state index contributed by atoms with van der Waals surface area (Å²) in [5.41, 5.74) is 13.3. The number of benzene rings is 4. The minimum absolute atomic E-state index is 0.00970. The summed E-state index contributed by atoms with van der Waals surface area (Å²) in [6, 6.07) is 22.5. The van der Waals surface area contributed by atoms with Crippen molar-refractivity contribution in [1.29, 1.82) is 0 Å². The summed E-state index contributed by atoms with van der Waals surface area (Å²) >= 11 is 6.41. The van der Waals surface area contributed by atoms with Crippen LogP contribution in [0.15, 0.2) is 96.8 Å². The molecule has 118 heavy (non-hydrogen) atoms. The molecule has 5 heterocycles. The molecule has 30 nitrogen and oxygen atoms in total. The van der Waals surface area contributed by atoms with Crippen LogP contribution in [0.2, 0.25) is 5.02 Å². The predicted octanol–water partition coefficient (Wildman–Crippen LogP) is 8.13. The van der Waals surface area contributed by atoms with Gasteiger partial charge in [0.05, 0.1) is 79.0 Å². The number of aromatic amines is 1. The highest BCUT2D eigenvalue weighted by molar-refractivity contribution is 6.31. The van der Waals surface area contributed by atoms with Crippen LogP contribution in [-0.4, -0.2) is 234 Å². The number of carbonyl (C=O) groups is 9. The number of aromatic nitrogens is 2. The number of carboxylic acids is 1. The van der Waals surface area contributed by atoms with Crippen LogP contribution in [0.25, 0.3) is 22.2 Å². The Hall–Kier alpha value is -9.76. The number of ether oxygens (including phenoxy) is 5. The molecule has 9 rings (SSSR count). The number of likely N-dealkylation sites (tertiary alicyclic amines) is 2. The molecule has 0 saturated carbocycles. The van der Waals surface area contributed by atoms with Gasteiger partial charge in [0.2, 0.25) is 47.6 Å². The molecular weight excluding hydrogens is 1540 g/mol. The van der Waals surface area contributed by atoms with Crippen LogP contribution in [0.4, 0.5) is 14.9 Å². The monoisotopic (exact) mass is 1660 g/mol. The fraction of sp³-hybridized carbons (Fsp3) is 0.558. The van der Waals surface area contributed by atoms with E-state index >= 15 is 4.39 Å². The van der Waals surface area contributed by atoms with Crippen LogP contribution in [0.1, 0.15) is 154 Å². The maximum Gasteiger partial charge on any atom is 0.410 e. The molecule has 0 radical (unpaired) electrons. The average Bonchev–Trinajstić information content (AvgIpc) is 1.45. The molecule has 3 saturated heterocycles. The lowest BCUT2D eigenvalue weighted by Crippen LogP contribution is -2.55. The van der Waals surface area contributed by atoms with Gasteiger partial charge in [0, 0.05) is 108 Å². The number of H-pyrrole nitrogens is 1. The number of aryl methyl sites for hydroxylation is 2. The van der Waals surface area contributed by atoms with Crippen molar-refractivity contribution in [2.75, 3.05) is 85.5 Å². The van der Waals surface area contributed by atoms with Crippen molar-refractivity contribution in [3.05, 3.63) is 136 Å². The van der Waals surface area contributed by atoms with Crippen molar-refractivity contribution in [3.63, 3.8) is 0 Å². The first kappa shape index (κ1) is 92.1. The van der Waals surface area contributed by atoms with Gasteiger partial charge >= 0.3 is 12.1 Å². The zero-order valence-corrected chi connectivity index (χ0v) is 70.4. The van der Waals surface area contributed by atoms with E-state index in [9.17, 15) is 53.4 Å². The largest absolute Gasteiger partial charge is 0.479 e. The Morgan fingerprint density at radius 2 is 1.54 bits per heavy atom. The summed E-state index contributed by atoms with van der Waals surface area (Å²) in [7, 11) is 4.57. The molecule has 3 fully saturated rings. The van der Waals surface area contributed by atoms with Gasteiger partial charge in [0.1, 0.15) is 42.2 Å². The smallest absolute Gasteiger partial charge is 0.410 e. The number of fused-ring (bicyclic) bond motifs is 1. The predicted molar refractivity (Wildman–Crippen MR) is 445 cm³/mol. The lowest BCUT2D eigenvalue weighted by molar-refractivity contribution is -0.195. The third-order valence-electron chi connectivity index (χ3n) is 22.3. The Labute approximate surface area is 695 Å². The molecule has 0 aliphatic carbocycles. The second kappa shape index (κ2) is 44.3. The number of halogens is 2. The lowest BCUT2D eigenvalue weighted by atomic mass is 9.90.